The van der Waals surface area contributed by atoms with E-state index in [4.69, 9.17) is 19.9 Å². The lowest BCUT2D eigenvalue weighted by Gasteiger charge is -2.17. The van der Waals surface area contributed by atoms with Crippen molar-refractivity contribution in [3.05, 3.63) is 23.8 Å². The normalized spacial score (nSPS) is 19.5. The minimum Gasteiger partial charge on any atom is -0.493 e. The highest BCUT2D eigenvalue weighted by Crippen LogP contribution is 2.32. The molecule has 2 unspecified atom stereocenters. The van der Waals surface area contributed by atoms with Crippen LogP contribution in [0.3, 0.4) is 0 Å². The lowest BCUT2D eigenvalue weighted by molar-refractivity contribution is 0.0979. The van der Waals surface area contributed by atoms with Crippen LogP contribution in [0, 0.1) is 0 Å². The molecule has 1 fully saturated rings. The molecule has 2 rings (SSSR count). The standard InChI is InChI=1S/C17H27NO3/c1-13(18)12-14-6-3-9-16(19-2)17(14)21-11-5-8-15-7-4-10-20-15/h3,6,9,13,15H,4-5,7-8,10-12,18H2,1-2H3. The Morgan fingerprint density at radius 2 is 2.29 bits per heavy atom. The molecule has 0 radical (unpaired) electrons. The largest absolute Gasteiger partial charge is 0.493 e. The maximum Gasteiger partial charge on any atom is 0.164 e. The van der Waals surface area contributed by atoms with Crippen molar-refractivity contribution in [2.75, 3.05) is 20.3 Å². The second-order valence-corrected chi connectivity index (χ2v) is 5.76. The van der Waals surface area contributed by atoms with Crippen LogP contribution in [0.5, 0.6) is 11.5 Å². The summed E-state index contributed by atoms with van der Waals surface area (Å²) in [4.78, 5) is 0. The topological polar surface area (TPSA) is 53.7 Å². The van der Waals surface area contributed by atoms with Crippen LogP contribution in [0.25, 0.3) is 0 Å². The minimum atomic E-state index is 0.103. The summed E-state index contributed by atoms with van der Waals surface area (Å²) in [5.74, 6) is 1.62. The number of benzene rings is 1. The van der Waals surface area contributed by atoms with Gasteiger partial charge < -0.3 is 19.9 Å². The summed E-state index contributed by atoms with van der Waals surface area (Å²) >= 11 is 0. The molecule has 4 heteroatoms. The second kappa shape index (κ2) is 8.25. The van der Waals surface area contributed by atoms with E-state index in [0.717, 1.165) is 42.9 Å². The average molecular weight is 293 g/mol. The van der Waals surface area contributed by atoms with Gasteiger partial charge in [0.05, 0.1) is 19.8 Å². The van der Waals surface area contributed by atoms with Gasteiger partial charge in [0.25, 0.3) is 0 Å². The van der Waals surface area contributed by atoms with Gasteiger partial charge in [-0.25, -0.2) is 0 Å². The van der Waals surface area contributed by atoms with Crippen molar-refractivity contribution in [3.63, 3.8) is 0 Å². The van der Waals surface area contributed by atoms with Gasteiger partial charge in [0.1, 0.15) is 0 Å². The molecule has 118 valence electrons. The lowest BCUT2D eigenvalue weighted by Crippen LogP contribution is -2.18. The maximum absolute atomic E-state index is 5.98. The predicted octanol–water partition coefficient (Wildman–Crippen LogP) is 2.92. The van der Waals surface area contributed by atoms with E-state index in [-0.39, 0.29) is 6.04 Å². The smallest absolute Gasteiger partial charge is 0.164 e. The van der Waals surface area contributed by atoms with Crippen LogP contribution in [0.4, 0.5) is 0 Å². The summed E-state index contributed by atoms with van der Waals surface area (Å²) < 4.78 is 17.0. The zero-order valence-electron chi connectivity index (χ0n) is 13.1. The Balaban J connectivity index is 1.90. The van der Waals surface area contributed by atoms with E-state index in [9.17, 15) is 0 Å². The minimum absolute atomic E-state index is 0.103. The van der Waals surface area contributed by atoms with E-state index >= 15 is 0 Å². The molecule has 0 aliphatic carbocycles. The Labute approximate surface area is 127 Å². The van der Waals surface area contributed by atoms with Gasteiger partial charge in [0, 0.05) is 12.6 Å². The van der Waals surface area contributed by atoms with E-state index in [2.05, 4.69) is 6.07 Å². The summed E-state index contributed by atoms with van der Waals surface area (Å²) in [6.07, 6.45) is 5.66. The van der Waals surface area contributed by atoms with Crippen LogP contribution in [0.2, 0.25) is 0 Å². The second-order valence-electron chi connectivity index (χ2n) is 5.76. The third-order valence-electron chi connectivity index (χ3n) is 3.76. The van der Waals surface area contributed by atoms with Crippen molar-refractivity contribution in [1.82, 2.24) is 0 Å². The molecule has 1 aliphatic heterocycles. The first-order valence-electron chi connectivity index (χ1n) is 7.86. The Hall–Kier alpha value is -1.26. The molecular formula is C17H27NO3. The van der Waals surface area contributed by atoms with Crippen LogP contribution in [-0.2, 0) is 11.2 Å². The molecule has 0 bridgehead atoms. The number of hydrogen-bond acceptors (Lipinski definition) is 4. The lowest BCUT2D eigenvalue weighted by atomic mass is 10.1. The Morgan fingerprint density at radius 1 is 1.43 bits per heavy atom. The Morgan fingerprint density at radius 3 is 2.95 bits per heavy atom. The van der Waals surface area contributed by atoms with Crippen LogP contribution < -0.4 is 15.2 Å². The molecule has 0 saturated carbocycles. The van der Waals surface area contributed by atoms with Crippen LogP contribution in [-0.4, -0.2) is 32.5 Å². The van der Waals surface area contributed by atoms with Gasteiger partial charge in [-0.1, -0.05) is 12.1 Å². The van der Waals surface area contributed by atoms with Crippen LogP contribution in [0.15, 0.2) is 18.2 Å². The van der Waals surface area contributed by atoms with Gasteiger partial charge in [-0.15, -0.1) is 0 Å². The number of nitrogens with two attached hydrogens (primary N) is 1. The molecule has 0 aromatic heterocycles. The summed E-state index contributed by atoms with van der Waals surface area (Å²) in [6.45, 7) is 3.60. The third kappa shape index (κ3) is 4.90. The van der Waals surface area contributed by atoms with Crippen molar-refractivity contribution in [1.29, 1.82) is 0 Å². The van der Waals surface area contributed by atoms with E-state index in [0.29, 0.717) is 12.7 Å². The van der Waals surface area contributed by atoms with E-state index in [1.807, 2.05) is 19.1 Å². The molecule has 2 atom stereocenters. The summed E-state index contributed by atoms with van der Waals surface area (Å²) in [6, 6.07) is 6.07. The monoisotopic (exact) mass is 293 g/mol. The molecule has 1 heterocycles. The summed E-state index contributed by atoms with van der Waals surface area (Å²) in [5, 5.41) is 0. The fourth-order valence-electron chi connectivity index (χ4n) is 2.75. The number of ether oxygens (including phenoxy) is 3. The maximum atomic E-state index is 5.98. The van der Waals surface area contributed by atoms with Crippen LogP contribution >= 0.6 is 0 Å². The zero-order valence-corrected chi connectivity index (χ0v) is 13.1. The van der Waals surface area contributed by atoms with Crippen molar-refractivity contribution >= 4 is 0 Å². The van der Waals surface area contributed by atoms with Crippen molar-refractivity contribution < 1.29 is 14.2 Å². The quantitative estimate of drug-likeness (QED) is 0.749. The molecular weight excluding hydrogens is 266 g/mol. The molecule has 0 spiro atoms. The van der Waals surface area contributed by atoms with Gasteiger partial charge in [-0.3, -0.25) is 0 Å². The number of hydrogen-bond donors (Lipinski definition) is 1. The molecule has 1 aromatic rings. The van der Waals surface area contributed by atoms with Gasteiger partial charge >= 0.3 is 0 Å². The Kier molecular flexibility index (Phi) is 6.33. The zero-order chi connectivity index (χ0) is 15.1. The molecule has 0 amide bonds. The van der Waals surface area contributed by atoms with Crippen LogP contribution in [0.1, 0.15) is 38.2 Å². The van der Waals surface area contributed by atoms with E-state index in [1.54, 1.807) is 7.11 Å². The van der Waals surface area contributed by atoms with Gasteiger partial charge in [0.2, 0.25) is 0 Å². The van der Waals surface area contributed by atoms with Gasteiger partial charge in [-0.05, 0) is 50.7 Å². The summed E-state index contributed by atoms with van der Waals surface area (Å²) in [7, 11) is 1.67. The SMILES string of the molecule is COc1cccc(CC(C)N)c1OCCCC1CCCO1. The first-order valence-corrected chi connectivity index (χ1v) is 7.86. The molecule has 1 aromatic carbocycles. The molecule has 21 heavy (non-hydrogen) atoms. The molecule has 4 nitrogen and oxygen atoms in total. The third-order valence-corrected chi connectivity index (χ3v) is 3.76. The molecule has 1 saturated heterocycles. The Bertz CT molecular complexity index is 428. The van der Waals surface area contributed by atoms with E-state index in [1.165, 1.54) is 12.8 Å². The van der Waals surface area contributed by atoms with Crippen molar-refractivity contribution in [3.8, 4) is 11.5 Å². The first-order chi connectivity index (χ1) is 10.2. The fourth-order valence-corrected chi connectivity index (χ4v) is 2.75. The molecule has 2 N–H and O–H groups in total. The predicted molar refractivity (Wildman–Crippen MR) is 84.1 cm³/mol. The van der Waals surface area contributed by atoms with Gasteiger partial charge in [0.15, 0.2) is 11.5 Å². The van der Waals surface area contributed by atoms with Crippen molar-refractivity contribution in [2.45, 2.75) is 51.2 Å². The summed E-state index contributed by atoms with van der Waals surface area (Å²) in [5.41, 5.74) is 7.02. The highest BCUT2D eigenvalue weighted by molar-refractivity contribution is 5.47. The number of rotatable bonds is 8. The first kappa shape index (κ1) is 16.1. The molecule has 1 aliphatic rings. The average Bonchev–Trinajstić information content (AvgIpc) is 2.97. The number of para-hydroxylation sites is 1. The highest BCUT2D eigenvalue weighted by Gasteiger charge is 2.16. The number of methoxy groups -OCH3 is 1. The van der Waals surface area contributed by atoms with Crippen molar-refractivity contribution in [2.24, 2.45) is 5.73 Å². The fraction of sp³-hybridized carbons (Fsp3) is 0.647. The van der Waals surface area contributed by atoms with E-state index < -0.39 is 0 Å². The highest BCUT2D eigenvalue weighted by atomic mass is 16.5. The van der Waals surface area contributed by atoms with Gasteiger partial charge in [-0.2, -0.15) is 0 Å².